The minimum atomic E-state index is -0.0624. The molecule has 0 N–H and O–H groups in total. The Morgan fingerprint density at radius 2 is 1.95 bits per heavy atom. The first-order chi connectivity index (χ1) is 9.67. The van der Waals surface area contributed by atoms with Crippen LogP contribution in [0, 0.1) is 11.3 Å². The van der Waals surface area contributed by atoms with E-state index in [-0.39, 0.29) is 17.4 Å². The smallest absolute Gasteiger partial charge is 0.158 e. The number of benzene rings is 1. The van der Waals surface area contributed by atoms with E-state index in [1.54, 1.807) is 0 Å². The highest BCUT2D eigenvalue weighted by molar-refractivity contribution is 6.05. The van der Waals surface area contributed by atoms with E-state index in [4.69, 9.17) is 4.84 Å². The summed E-state index contributed by atoms with van der Waals surface area (Å²) >= 11 is 0. The molecule has 0 radical (unpaired) electrons. The van der Waals surface area contributed by atoms with Crippen LogP contribution in [0.1, 0.15) is 19.4 Å². The van der Waals surface area contributed by atoms with Crippen molar-refractivity contribution < 1.29 is 4.84 Å². The number of nitrogens with zero attached hydrogens (tertiary/aromatic N) is 1. The second kappa shape index (κ2) is 3.95. The second-order valence-electron chi connectivity index (χ2n) is 6.18. The molecule has 1 aromatic carbocycles. The number of oxime groups is 1. The molecule has 0 saturated heterocycles. The van der Waals surface area contributed by atoms with E-state index in [1.807, 2.05) is 0 Å². The van der Waals surface area contributed by atoms with Crippen molar-refractivity contribution in [1.29, 1.82) is 0 Å². The molecule has 2 aliphatic carbocycles. The third kappa shape index (κ3) is 1.54. The normalized spacial score (nSPS) is 29.0. The molecule has 2 atom stereocenters. The summed E-state index contributed by atoms with van der Waals surface area (Å²) in [6, 6.07) is 10.6. The summed E-state index contributed by atoms with van der Waals surface area (Å²) in [4.78, 5) is 5.62. The third-order valence-electron chi connectivity index (χ3n) is 4.37. The lowest BCUT2D eigenvalue weighted by Gasteiger charge is -2.36. The minimum Gasteiger partial charge on any atom is -0.387 e. The van der Waals surface area contributed by atoms with Gasteiger partial charge in [-0.05, 0) is 22.8 Å². The van der Waals surface area contributed by atoms with Gasteiger partial charge in [-0.1, -0.05) is 67.6 Å². The lowest BCUT2D eigenvalue weighted by Crippen LogP contribution is -2.37. The van der Waals surface area contributed by atoms with Gasteiger partial charge in [0.05, 0.1) is 11.6 Å². The van der Waals surface area contributed by atoms with Gasteiger partial charge in [-0.3, -0.25) is 0 Å². The Balaban J connectivity index is 1.93. The summed E-state index contributed by atoms with van der Waals surface area (Å²) in [5, 5.41) is 4.36. The summed E-state index contributed by atoms with van der Waals surface area (Å²) in [6.07, 6.45) is 8.80. The highest BCUT2D eigenvalue weighted by Crippen LogP contribution is 2.48. The summed E-state index contributed by atoms with van der Waals surface area (Å²) in [5.41, 5.74) is 5.01. The predicted octanol–water partition coefficient (Wildman–Crippen LogP) is 3.98. The molecule has 1 aliphatic heterocycles. The maximum Gasteiger partial charge on any atom is 0.158 e. The summed E-state index contributed by atoms with van der Waals surface area (Å²) in [7, 11) is 0. The van der Waals surface area contributed by atoms with Crippen molar-refractivity contribution in [1.82, 2.24) is 0 Å². The maximum atomic E-state index is 5.62. The molecular formula is C18H17NO. The molecule has 1 heterocycles. The number of hydrogen-bond acceptors (Lipinski definition) is 2. The molecule has 3 aliphatic rings. The van der Waals surface area contributed by atoms with Gasteiger partial charge in [0.25, 0.3) is 0 Å². The zero-order chi connectivity index (χ0) is 13.7. The van der Waals surface area contributed by atoms with Gasteiger partial charge >= 0.3 is 0 Å². The molecule has 100 valence electrons. The van der Waals surface area contributed by atoms with Crippen molar-refractivity contribution in [3.05, 3.63) is 65.8 Å². The van der Waals surface area contributed by atoms with E-state index in [9.17, 15) is 0 Å². The Morgan fingerprint density at radius 1 is 1.15 bits per heavy atom. The van der Waals surface area contributed by atoms with Crippen LogP contribution in [0.25, 0.3) is 5.57 Å². The van der Waals surface area contributed by atoms with E-state index in [0.29, 0.717) is 0 Å². The average molecular weight is 263 g/mol. The van der Waals surface area contributed by atoms with Crippen LogP contribution in [0.15, 0.2) is 65.4 Å². The Labute approximate surface area is 119 Å². The van der Waals surface area contributed by atoms with Crippen LogP contribution in [0.4, 0.5) is 0 Å². The first-order valence-corrected chi connectivity index (χ1v) is 7.08. The lowest BCUT2D eigenvalue weighted by atomic mass is 9.66. The third-order valence-corrected chi connectivity index (χ3v) is 4.37. The van der Waals surface area contributed by atoms with Gasteiger partial charge in [0.15, 0.2) is 6.10 Å². The van der Waals surface area contributed by atoms with Crippen molar-refractivity contribution in [2.75, 3.05) is 0 Å². The van der Waals surface area contributed by atoms with Crippen molar-refractivity contribution in [2.45, 2.75) is 20.0 Å². The van der Waals surface area contributed by atoms with Gasteiger partial charge in [0.1, 0.15) is 0 Å². The van der Waals surface area contributed by atoms with Crippen LogP contribution in [-0.2, 0) is 4.84 Å². The van der Waals surface area contributed by atoms with E-state index in [1.165, 1.54) is 16.7 Å². The second-order valence-corrected chi connectivity index (χ2v) is 6.18. The van der Waals surface area contributed by atoms with Gasteiger partial charge in [-0.2, -0.15) is 0 Å². The zero-order valence-corrected chi connectivity index (χ0v) is 11.7. The highest BCUT2D eigenvalue weighted by Gasteiger charge is 2.47. The van der Waals surface area contributed by atoms with Gasteiger partial charge in [-0.25, -0.2) is 0 Å². The summed E-state index contributed by atoms with van der Waals surface area (Å²) in [5.74, 6) is 0.273. The van der Waals surface area contributed by atoms with Gasteiger partial charge < -0.3 is 4.84 Å². The first kappa shape index (κ1) is 11.7. The fourth-order valence-corrected chi connectivity index (χ4v) is 3.40. The lowest BCUT2D eigenvalue weighted by molar-refractivity contribution is 0.104. The molecule has 0 fully saturated rings. The summed E-state index contributed by atoms with van der Waals surface area (Å²) in [6.45, 7) is 4.44. The standard InChI is InChI=1S/C18H17NO/c1-18(2)11-14(12-7-4-3-5-8-12)13-9-6-10-15-16(13)17(18)19-20-15/h3-11,15-16H,1-2H3/t15-,16+/m0/s1. The monoisotopic (exact) mass is 263 g/mol. The van der Waals surface area contributed by atoms with E-state index in [0.717, 1.165) is 5.71 Å². The largest absolute Gasteiger partial charge is 0.387 e. The van der Waals surface area contributed by atoms with Crippen LogP contribution < -0.4 is 0 Å². The number of hydrogen-bond donors (Lipinski definition) is 0. The Hall–Kier alpha value is -2.09. The number of rotatable bonds is 1. The molecule has 0 saturated carbocycles. The van der Waals surface area contributed by atoms with E-state index in [2.05, 4.69) is 73.6 Å². The fourth-order valence-electron chi connectivity index (χ4n) is 3.40. The van der Waals surface area contributed by atoms with E-state index >= 15 is 0 Å². The van der Waals surface area contributed by atoms with Crippen LogP contribution in [0.3, 0.4) is 0 Å². The van der Waals surface area contributed by atoms with Crippen molar-refractivity contribution in [3.63, 3.8) is 0 Å². The molecule has 2 heteroatoms. The van der Waals surface area contributed by atoms with Crippen molar-refractivity contribution in [3.8, 4) is 0 Å². The van der Waals surface area contributed by atoms with Gasteiger partial charge in [0.2, 0.25) is 0 Å². The van der Waals surface area contributed by atoms with Crippen LogP contribution in [0.5, 0.6) is 0 Å². The molecule has 1 aromatic rings. The van der Waals surface area contributed by atoms with Crippen LogP contribution in [0.2, 0.25) is 0 Å². The number of allylic oxidation sites excluding steroid dienone is 4. The topological polar surface area (TPSA) is 21.6 Å². The molecule has 4 rings (SSSR count). The van der Waals surface area contributed by atoms with Crippen LogP contribution >= 0.6 is 0 Å². The average Bonchev–Trinajstić information content (AvgIpc) is 2.90. The molecule has 2 nitrogen and oxygen atoms in total. The molecule has 0 bridgehead atoms. The van der Waals surface area contributed by atoms with Crippen molar-refractivity contribution in [2.24, 2.45) is 16.5 Å². The molecule has 0 amide bonds. The first-order valence-electron chi connectivity index (χ1n) is 7.08. The minimum absolute atomic E-state index is 0.0624. The van der Waals surface area contributed by atoms with Crippen LogP contribution in [-0.4, -0.2) is 11.8 Å². The predicted molar refractivity (Wildman–Crippen MR) is 81.2 cm³/mol. The molecule has 0 unspecified atom stereocenters. The summed E-state index contributed by atoms with van der Waals surface area (Å²) < 4.78 is 0. The van der Waals surface area contributed by atoms with Crippen molar-refractivity contribution >= 4 is 11.3 Å². The molecular weight excluding hydrogens is 246 g/mol. The Morgan fingerprint density at radius 3 is 2.75 bits per heavy atom. The molecule has 0 spiro atoms. The molecule has 20 heavy (non-hydrogen) atoms. The SMILES string of the molecule is CC1(C)C=C(c2ccccc2)C2=CC=C[C@@H]3ON=C1[C@H]23. The Bertz CT molecular complexity index is 677. The highest BCUT2D eigenvalue weighted by atomic mass is 16.6. The van der Waals surface area contributed by atoms with E-state index < -0.39 is 0 Å². The van der Waals surface area contributed by atoms with Gasteiger partial charge in [0, 0.05) is 5.41 Å². The zero-order valence-electron chi connectivity index (χ0n) is 11.7. The fraction of sp³-hybridized carbons (Fsp3) is 0.278. The molecule has 0 aromatic heterocycles. The quantitative estimate of drug-likeness (QED) is 0.751. The van der Waals surface area contributed by atoms with Gasteiger partial charge in [-0.15, -0.1) is 0 Å². The Kier molecular flexibility index (Phi) is 2.31. The maximum absolute atomic E-state index is 5.62.